The van der Waals surface area contributed by atoms with Gasteiger partial charge < -0.3 is 9.47 Å². The Morgan fingerprint density at radius 2 is 1.88 bits per heavy atom. The van der Waals surface area contributed by atoms with Crippen LogP contribution in [0.2, 0.25) is 0 Å². The quantitative estimate of drug-likeness (QED) is 0.547. The van der Waals surface area contributed by atoms with Gasteiger partial charge in [0.25, 0.3) is 5.91 Å². The van der Waals surface area contributed by atoms with Crippen molar-refractivity contribution in [1.29, 1.82) is 0 Å². The van der Waals surface area contributed by atoms with Gasteiger partial charge in [-0.05, 0) is 43.4 Å². The van der Waals surface area contributed by atoms with Gasteiger partial charge in [-0.25, -0.2) is 0 Å². The molecule has 2 N–H and O–H groups in total. The number of carbonyl (C=O) groups is 2. The van der Waals surface area contributed by atoms with Crippen molar-refractivity contribution in [2.45, 2.75) is 58.3 Å². The second kappa shape index (κ2) is 10.7. The van der Waals surface area contributed by atoms with Crippen molar-refractivity contribution in [2.24, 2.45) is 5.92 Å². The van der Waals surface area contributed by atoms with Crippen LogP contribution < -0.4 is 20.3 Å². The molecule has 2 amide bonds. The first kappa shape index (κ1) is 20.1. The fourth-order valence-electron chi connectivity index (χ4n) is 3.16. The zero-order chi connectivity index (χ0) is 18.8. The summed E-state index contributed by atoms with van der Waals surface area (Å²) in [6, 6.07) is 4.99. The van der Waals surface area contributed by atoms with Crippen molar-refractivity contribution in [3.63, 3.8) is 0 Å². The van der Waals surface area contributed by atoms with Gasteiger partial charge in [0.1, 0.15) is 0 Å². The largest absolute Gasteiger partial charge is 0.493 e. The zero-order valence-electron chi connectivity index (χ0n) is 15.8. The highest BCUT2D eigenvalue weighted by atomic mass is 16.5. The highest BCUT2D eigenvalue weighted by Gasteiger charge is 2.18. The maximum atomic E-state index is 12.3. The zero-order valence-corrected chi connectivity index (χ0v) is 15.8. The number of hydrazine groups is 1. The van der Waals surface area contributed by atoms with Gasteiger partial charge in [-0.2, -0.15) is 0 Å². The maximum absolute atomic E-state index is 12.3. The van der Waals surface area contributed by atoms with Crippen molar-refractivity contribution >= 4 is 11.8 Å². The predicted octanol–water partition coefficient (Wildman–Crippen LogP) is 3.61. The molecule has 0 atom stereocenters. The van der Waals surface area contributed by atoms with Crippen molar-refractivity contribution in [1.82, 2.24) is 10.9 Å². The molecule has 26 heavy (non-hydrogen) atoms. The number of methoxy groups -OCH3 is 1. The van der Waals surface area contributed by atoms with E-state index >= 15 is 0 Å². The summed E-state index contributed by atoms with van der Waals surface area (Å²) in [5.41, 5.74) is 5.39. The van der Waals surface area contributed by atoms with E-state index in [0.29, 0.717) is 36.0 Å². The van der Waals surface area contributed by atoms with Crippen LogP contribution in [-0.4, -0.2) is 25.5 Å². The van der Waals surface area contributed by atoms with E-state index in [0.717, 1.165) is 25.7 Å². The van der Waals surface area contributed by atoms with Crippen LogP contribution in [0.3, 0.4) is 0 Å². The van der Waals surface area contributed by atoms with Gasteiger partial charge in [0.05, 0.1) is 13.7 Å². The highest BCUT2D eigenvalue weighted by Crippen LogP contribution is 2.28. The second-order valence-corrected chi connectivity index (χ2v) is 6.78. The van der Waals surface area contributed by atoms with Crippen LogP contribution in [0.25, 0.3) is 0 Å². The predicted molar refractivity (Wildman–Crippen MR) is 100 cm³/mol. The number of amides is 2. The van der Waals surface area contributed by atoms with E-state index < -0.39 is 0 Å². The number of carbonyl (C=O) groups excluding carboxylic acids is 2. The third-order valence-corrected chi connectivity index (χ3v) is 4.70. The van der Waals surface area contributed by atoms with Crippen molar-refractivity contribution in [3.8, 4) is 11.5 Å². The summed E-state index contributed by atoms with van der Waals surface area (Å²) >= 11 is 0. The molecule has 0 bridgehead atoms. The SMILES string of the molecule is CCCCOc1ccc(C(=O)NNC(=O)CC2CCCCC2)cc1OC. The summed E-state index contributed by atoms with van der Waals surface area (Å²) < 4.78 is 11.0. The van der Waals surface area contributed by atoms with Crippen molar-refractivity contribution in [3.05, 3.63) is 23.8 Å². The van der Waals surface area contributed by atoms with E-state index in [4.69, 9.17) is 9.47 Å². The molecule has 1 aromatic rings. The van der Waals surface area contributed by atoms with Gasteiger partial charge in [-0.15, -0.1) is 0 Å². The lowest BCUT2D eigenvalue weighted by Gasteiger charge is -2.20. The van der Waals surface area contributed by atoms with Gasteiger partial charge in [0, 0.05) is 12.0 Å². The molecule has 0 unspecified atom stereocenters. The lowest BCUT2D eigenvalue weighted by Crippen LogP contribution is -2.42. The van der Waals surface area contributed by atoms with Gasteiger partial charge in [0.15, 0.2) is 11.5 Å². The van der Waals surface area contributed by atoms with E-state index in [9.17, 15) is 9.59 Å². The lowest BCUT2D eigenvalue weighted by molar-refractivity contribution is -0.123. The Balaban J connectivity index is 1.84. The molecule has 0 spiro atoms. The van der Waals surface area contributed by atoms with Crippen LogP contribution in [-0.2, 0) is 4.79 Å². The topological polar surface area (TPSA) is 76.7 Å². The van der Waals surface area contributed by atoms with E-state index in [1.54, 1.807) is 18.2 Å². The van der Waals surface area contributed by atoms with E-state index in [2.05, 4.69) is 17.8 Å². The van der Waals surface area contributed by atoms with Crippen molar-refractivity contribution < 1.29 is 19.1 Å². The van der Waals surface area contributed by atoms with Crippen molar-refractivity contribution in [2.75, 3.05) is 13.7 Å². The first-order chi connectivity index (χ1) is 12.6. The molecule has 6 heteroatoms. The molecule has 144 valence electrons. The van der Waals surface area contributed by atoms with Crippen LogP contribution in [0.5, 0.6) is 11.5 Å². The Hall–Kier alpha value is -2.24. The first-order valence-electron chi connectivity index (χ1n) is 9.54. The smallest absolute Gasteiger partial charge is 0.269 e. The third kappa shape index (κ3) is 6.24. The number of unbranched alkanes of at least 4 members (excludes halogenated alkanes) is 1. The van der Waals surface area contributed by atoms with Gasteiger partial charge in [-0.1, -0.05) is 32.6 Å². The van der Waals surface area contributed by atoms with Gasteiger partial charge >= 0.3 is 0 Å². The second-order valence-electron chi connectivity index (χ2n) is 6.78. The fourth-order valence-corrected chi connectivity index (χ4v) is 3.16. The Labute approximate surface area is 155 Å². The average molecular weight is 362 g/mol. The Morgan fingerprint density at radius 3 is 2.58 bits per heavy atom. The van der Waals surface area contributed by atoms with E-state index in [1.807, 2.05) is 0 Å². The van der Waals surface area contributed by atoms with Crippen LogP contribution in [0.1, 0.15) is 68.6 Å². The molecule has 1 fully saturated rings. The minimum atomic E-state index is -0.375. The van der Waals surface area contributed by atoms with Gasteiger partial charge in [-0.3, -0.25) is 20.4 Å². The maximum Gasteiger partial charge on any atom is 0.269 e. The summed E-state index contributed by atoms with van der Waals surface area (Å²) in [5.74, 6) is 1.03. The summed E-state index contributed by atoms with van der Waals surface area (Å²) in [6.45, 7) is 2.70. The Morgan fingerprint density at radius 1 is 1.12 bits per heavy atom. The average Bonchev–Trinajstić information content (AvgIpc) is 2.67. The monoisotopic (exact) mass is 362 g/mol. The molecule has 0 saturated heterocycles. The number of nitrogens with one attached hydrogen (secondary N) is 2. The molecule has 1 saturated carbocycles. The molecule has 1 aliphatic carbocycles. The van der Waals surface area contributed by atoms with E-state index in [-0.39, 0.29) is 11.8 Å². The van der Waals surface area contributed by atoms with Crippen LogP contribution >= 0.6 is 0 Å². The molecular formula is C20H30N2O4. The lowest BCUT2D eigenvalue weighted by atomic mass is 9.87. The minimum absolute atomic E-state index is 0.142. The Bertz CT molecular complexity index is 597. The van der Waals surface area contributed by atoms with Crippen LogP contribution in [0.15, 0.2) is 18.2 Å². The summed E-state index contributed by atoms with van der Waals surface area (Å²) in [4.78, 5) is 24.3. The number of benzene rings is 1. The molecule has 6 nitrogen and oxygen atoms in total. The molecule has 1 aliphatic rings. The Kier molecular flexibility index (Phi) is 8.25. The van der Waals surface area contributed by atoms with E-state index in [1.165, 1.54) is 26.4 Å². The number of ether oxygens (including phenoxy) is 2. The number of hydrogen-bond acceptors (Lipinski definition) is 4. The molecule has 0 aliphatic heterocycles. The third-order valence-electron chi connectivity index (χ3n) is 4.70. The summed E-state index contributed by atoms with van der Waals surface area (Å²) in [5, 5.41) is 0. The standard InChI is InChI=1S/C20H30N2O4/c1-3-4-12-26-17-11-10-16(14-18(17)25-2)20(24)22-21-19(23)13-15-8-6-5-7-9-15/h10-11,14-15H,3-9,12-13H2,1-2H3,(H,21,23)(H,22,24). The summed E-state index contributed by atoms with van der Waals surface area (Å²) in [7, 11) is 1.54. The fraction of sp³-hybridized carbons (Fsp3) is 0.600. The molecule has 2 rings (SSSR count). The molecule has 1 aromatic carbocycles. The molecule has 0 aromatic heterocycles. The number of hydrogen-bond donors (Lipinski definition) is 2. The number of rotatable bonds is 8. The molecular weight excluding hydrogens is 332 g/mol. The molecule has 0 heterocycles. The molecule has 0 radical (unpaired) electrons. The van der Waals surface area contributed by atoms with Crippen LogP contribution in [0.4, 0.5) is 0 Å². The highest BCUT2D eigenvalue weighted by molar-refractivity contribution is 5.96. The first-order valence-corrected chi connectivity index (χ1v) is 9.54. The summed E-state index contributed by atoms with van der Waals surface area (Å²) in [6.07, 6.45) is 8.30. The minimum Gasteiger partial charge on any atom is -0.493 e. The normalized spacial score (nSPS) is 14.5. The van der Waals surface area contributed by atoms with Crippen LogP contribution in [0, 0.1) is 5.92 Å². The van der Waals surface area contributed by atoms with Gasteiger partial charge in [0.2, 0.25) is 5.91 Å².